The van der Waals surface area contributed by atoms with Crippen LogP contribution in [0, 0.1) is 17.6 Å². The molecule has 0 N–H and O–H groups in total. The van der Waals surface area contributed by atoms with Gasteiger partial charge in [-0.05, 0) is 24.5 Å². The largest absolute Gasteiger partial charge is 0.339 e. The average molecular weight is 350 g/mol. The van der Waals surface area contributed by atoms with Crippen LogP contribution in [0.25, 0.3) is 0 Å². The van der Waals surface area contributed by atoms with Gasteiger partial charge in [0.1, 0.15) is 11.6 Å². The van der Waals surface area contributed by atoms with Crippen LogP contribution in [0.2, 0.25) is 0 Å². The standard InChI is InChI=1S/C19H24F2N2O2/c20-15-6-7-16(17(21)13-15)19(25)23-11-9-22(10-12-23)18(24)8-5-14-3-1-2-4-14/h6-7,13-14H,1-5,8-12H2. The molecule has 1 aliphatic carbocycles. The van der Waals surface area contributed by atoms with Crippen molar-refractivity contribution in [1.29, 1.82) is 0 Å². The van der Waals surface area contributed by atoms with Crippen molar-refractivity contribution in [2.75, 3.05) is 26.2 Å². The Morgan fingerprint density at radius 2 is 1.64 bits per heavy atom. The molecule has 2 aliphatic rings. The van der Waals surface area contributed by atoms with E-state index in [1.54, 1.807) is 4.90 Å². The molecule has 0 bridgehead atoms. The van der Waals surface area contributed by atoms with Gasteiger partial charge in [-0.2, -0.15) is 0 Å². The molecule has 1 saturated carbocycles. The number of piperazine rings is 1. The van der Waals surface area contributed by atoms with Gasteiger partial charge in [-0.3, -0.25) is 9.59 Å². The molecule has 0 unspecified atom stereocenters. The summed E-state index contributed by atoms with van der Waals surface area (Å²) in [6.07, 6.45) is 6.56. The molecular weight excluding hydrogens is 326 g/mol. The molecule has 1 heterocycles. The number of carbonyl (C=O) groups excluding carboxylic acids is 2. The fraction of sp³-hybridized carbons (Fsp3) is 0.579. The highest BCUT2D eigenvalue weighted by molar-refractivity contribution is 5.94. The zero-order chi connectivity index (χ0) is 17.8. The van der Waals surface area contributed by atoms with E-state index in [1.807, 2.05) is 0 Å². The predicted molar refractivity (Wildman–Crippen MR) is 90.0 cm³/mol. The average Bonchev–Trinajstić information content (AvgIpc) is 3.13. The van der Waals surface area contributed by atoms with Crippen LogP contribution in [-0.2, 0) is 4.79 Å². The summed E-state index contributed by atoms with van der Waals surface area (Å²) in [5.74, 6) is -1.16. The molecule has 1 aromatic carbocycles. The molecule has 136 valence electrons. The van der Waals surface area contributed by atoms with Crippen LogP contribution in [-0.4, -0.2) is 47.8 Å². The zero-order valence-corrected chi connectivity index (χ0v) is 14.3. The Morgan fingerprint density at radius 1 is 1.00 bits per heavy atom. The van der Waals surface area contributed by atoms with Gasteiger partial charge in [-0.1, -0.05) is 25.7 Å². The van der Waals surface area contributed by atoms with Crippen molar-refractivity contribution >= 4 is 11.8 Å². The molecule has 0 aromatic heterocycles. The SMILES string of the molecule is O=C(CCC1CCCC1)N1CCN(C(=O)c2ccc(F)cc2F)CC1. The number of rotatable bonds is 4. The van der Waals surface area contributed by atoms with Gasteiger partial charge < -0.3 is 9.80 Å². The summed E-state index contributed by atoms with van der Waals surface area (Å²) in [4.78, 5) is 28.0. The van der Waals surface area contributed by atoms with Gasteiger partial charge in [0.2, 0.25) is 5.91 Å². The molecule has 0 spiro atoms. The van der Waals surface area contributed by atoms with Crippen molar-refractivity contribution in [3.63, 3.8) is 0 Å². The maximum Gasteiger partial charge on any atom is 0.256 e. The van der Waals surface area contributed by atoms with Crippen molar-refractivity contribution < 1.29 is 18.4 Å². The van der Waals surface area contributed by atoms with E-state index in [0.717, 1.165) is 18.6 Å². The topological polar surface area (TPSA) is 40.6 Å². The summed E-state index contributed by atoms with van der Waals surface area (Å²) in [6, 6.07) is 2.97. The molecule has 1 aromatic rings. The second-order valence-corrected chi connectivity index (χ2v) is 6.99. The third-order valence-corrected chi connectivity index (χ3v) is 5.32. The van der Waals surface area contributed by atoms with Crippen LogP contribution in [0.15, 0.2) is 18.2 Å². The van der Waals surface area contributed by atoms with Gasteiger partial charge in [0.05, 0.1) is 5.56 Å². The lowest BCUT2D eigenvalue weighted by Gasteiger charge is -2.35. The highest BCUT2D eigenvalue weighted by atomic mass is 19.1. The molecular formula is C19H24F2N2O2. The van der Waals surface area contributed by atoms with E-state index in [9.17, 15) is 18.4 Å². The molecule has 2 amide bonds. The summed E-state index contributed by atoms with van der Waals surface area (Å²) in [5.41, 5.74) is -0.123. The minimum Gasteiger partial charge on any atom is -0.339 e. The first kappa shape index (κ1) is 17.8. The maximum absolute atomic E-state index is 13.8. The smallest absolute Gasteiger partial charge is 0.256 e. The quantitative estimate of drug-likeness (QED) is 0.837. The Bertz CT molecular complexity index is 636. The Morgan fingerprint density at radius 3 is 2.28 bits per heavy atom. The maximum atomic E-state index is 13.8. The van der Waals surface area contributed by atoms with Crippen LogP contribution in [0.1, 0.15) is 48.9 Å². The van der Waals surface area contributed by atoms with Crippen molar-refractivity contribution in [1.82, 2.24) is 9.80 Å². The van der Waals surface area contributed by atoms with Crippen molar-refractivity contribution in [3.8, 4) is 0 Å². The monoisotopic (exact) mass is 350 g/mol. The molecule has 2 fully saturated rings. The Labute approximate surface area is 146 Å². The number of amides is 2. The van der Waals surface area contributed by atoms with Crippen LogP contribution in [0.5, 0.6) is 0 Å². The third kappa shape index (κ3) is 4.35. The van der Waals surface area contributed by atoms with E-state index in [0.29, 0.717) is 38.5 Å². The summed E-state index contributed by atoms with van der Waals surface area (Å²) >= 11 is 0. The van der Waals surface area contributed by atoms with Crippen molar-refractivity contribution in [2.24, 2.45) is 5.92 Å². The highest BCUT2D eigenvalue weighted by Gasteiger charge is 2.27. The Hall–Kier alpha value is -1.98. The fourth-order valence-corrected chi connectivity index (χ4v) is 3.78. The number of benzene rings is 1. The second-order valence-electron chi connectivity index (χ2n) is 6.99. The van der Waals surface area contributed by atoms with Gasteiger partial charge in [0.15, 0.2) is 0 Å². The Balaban J connectivity index is 1.49. The number of hydrogen-bond donors (Lipinski definition) is 0. The summed E-state index contributed by atoms with van der Waals surface area (Å²) in [5, 5.41) is 0. The van der Waals surface area contributed by atoms with Crippen molar-refractivity contribution in [2.45, 2.75) is 38.5 Å². The lowest BCUT2D eigenvalue weighted by molar-refractivity contribution is -0.133. The van der Waals surface area contributed by atoms with E-state index in [4.69, 9.17) is 0 Å². The van der Waals surface area contributed by atoms with Crippen LogP contribution in [0.3, 0.4) is 0 Å². The van der Waals surface area contributed by atoms with Gasteiger partial charge in [-0.15, -0.1) is 0 Å². The Kier molecular flexibility index (Phi) is 5.66. The van der Waals surface area contributed by atoms with Crippen LogP contribution >= 0.6 is 0 Å². The molecule has 0 atom stereocenters. The van der Waals surface area contributed by atoms with E-state index in [1.165, 1.54) is 36.6 Å². The molecule has 1 aliphatic heterocycles. The molecule has 0 radical (unpaired) electrons. The number of halogens is 2. The van der Waals surface area contributed by atoms with E-state index < -0.39 is 17.5 Å². The highest BCUT2D eigenvalue weighted by Crippen LogP contribution is 2.28. The minimum absolute atomic E-state index is 0.123. The lowest BCUT2D eigenvalue weighted by Crippen LogP contribution is -2.50. The second kappa shape index (κ2) is 7.93. The minimum atomic E-state index is -0.847. The molecule has 4 nitrogen and oxygen atoms in total. The van der Waals surface area contributed by atoms with E-state index >= 15 is 0 Å². The lowest BCUT2D eigenvalue weighted by atomic mass is 10.0. The van der Waals surface area contributed by atoms with Gasteiger partial charge in [0.25, 0.3) is 5.91 Å². The van der Waals surface area contributed by atoms with E-state index in [-0.39, 0.29) is 11.5 Å². The zero-order valence-electron chi connectivity index (χ0n) is 14.3. The van der Waals surface area contributed by atoms with Crippen molar-refractivity contribution in [3.05, 3.63) is 35.4 Å². The van der Waals surface area contributed by atoms with Gasteiger partial charge in [0, 0.05) is 38.7 Å². The number of carbonyl (C=O) groups is 2. The first-order valence-corrected chi connectivity index (χ1v) is 9.06. The first-order chi connectivity index (χ1) is 12.0. The molecule has 1 saturated heterocycles. The van der Waals surface area contributed by atoms with Gasteiger partial charge >= 0.3 is 0 Å². The normalized spacial score (nSPS) is 18.6. The van der Waals surface area contributed by atoms with E-state index in [2.05, 4.69) is 0 Å². The predicted octanol–water partition coefficient (Wildman–Crippen LogP) is 3.22. The number of nitrogens with zero attached hydrogens (tertiary/aromatic N) is 2. The molecule has 6 heteroatoms. The first-order valence-electron chi connectivity index (χ1n) is 9.06. The van der Waals surface area contributed by atoms with Crippen LogP contribution < -0.4 is 0 Å². The molecule has 25 heavy (non-hydrogen) atoms. The summed E-state index contributed by atoms with van der Waals surface area (Å²) in [7, 11) is 0. The summed E-state index contributed by atoms with van der Waals surface area (Å²) in [6.45, 7) is 1.70. The fourth-order valence-electron chi connectivity index (χ4n) is 3.78. The summed E-state index contributed by atoms with van der Waals surface area (Å²) < 4.78 is 26.7. The number of hydrogen-bond acceptors (Lipinski definition) is 2. The molecule has 3 rings (SSSR count). The van der Waals surface area contributed by atoms with Gasteiger partial charge in [-0.25, -0.2) is 8.78 Å². The van der Waals surface area contributed by atoms with Crippen LogP contribution in [0.4, 0.5) is 8.78 Å². The third-order valence-electron chi connectivity index (χ3n) is 5.32.